The molecule has 0 heterocycles. The standard InChI is InChI=1S/C43H84O2/c1-4-6-7-8-9-10-11-12-13-14-15-16-17-18-19-22-25-28-31-34-37-40-43(44)45-41-38-35-32-29-26-23-20-21-24-27-30-33-36-39-42(3)5-2/h12-13,42H,4-11,14-41H2,1-3H3. The van der Waals surface area contributed by atoms with Crippen LogP contribution in [0.1, 0.15) is 245 Å². The van der Waals surface area contributed by atoms with E-state index in [2.05, 4.69) is 32.9 Å². The van der Waals surface area contributed by atoms with E-state index < -0.39 is 0 Å². The Morgan fingerprint density at radius 2 is 0.822 bits per heavy atom. The number of hydrogen-bond acceptors (Lipinski definition) is 2. The van der Waals surface area contributed by atoms with Crippen molar-refractivity contribution in [2.45, 2.75) is 245 Å². The van der Waals surface area contributed by atoms with E-state index in [-0.39, 0.29) is 5.97 Å². The van der Waals surface area contributed by atoms with Gasteiger partial charge < -0.3 is 4.74 Å². The molecule has 268 valence electrons. The lowest BCUT2D eigenvalue weighted by molar-refractivity contribution is -0.143. The van der Waals surface area contributed by atoms with Crippen LogP contribution in [0.4, 0.5) is 0 Å². The Hall–Kier alpha value is -0.790. The van der Waals surface area contributed by atoms with Crippen LogP contribution in [0.15, 0.2) is 12.2 Å². The number of ether oxygens (including phenoxy) is 1. The Morgan fingerprint density at radius 1 is 0.467 bits per heavy atom. The fourth-order valence-electron chi connectivity index (χ4n) is 6.40. The molecular weight excluding hydrogens is 548 g/mol. The number of esters is 1. The summed E-state index contributed by atoms with van der Waals surface area (Å²) in [5.41, 5.74) is 0. The van der Waals surface area contributed by atoms with Crippen LogP contribution >= 0.6 is 0 Å². The molecule has 0 aliphatic carbocycles. The molecule has 1 atom stereocenters. The van der Waals surface area contributed by atoms with Gasteiger partial charge in [0.2, 0.25) is 0 Å². The average Bonchev–Trinajstić information content (AvgIpc) is 3.05. The van der Waals surface area contributed by atoms with Crippen LogP contribution in [0, 0.1) is 5.92 Å². The first-order valence-corrected chi connectivity index (χ1v) is 21.0. The van der Waals surface area contributed by atoms with Gasteiger partial charge in [-0.1, -0.05) is 213 Å². The third-order valence-corrected chi connectivity index (χ3v) is 9.94. The molecule has 0 saturated heterocycles. The van der Waals surface area contributed by atoms with Gasteiger partial charge in [-0.15, -0.1) is 0 Å². The van der Waals surface area contributed by atoms with Crippen LogP contribution in [0.2, 0.25) is 0 Å². The molecule has 0 amide bonds. The number of hydrogen-bond donors (Lipinski definition) is 0. The largest absolute Gasteiger partial charge is 0.466 e. The number of carbonyl (C=O) groups excluding carboxylic acids is 1. The van der Waals surface area contributed by atoms with Gasteiger partial charge in [0.15, 0.2) is 0 Å². The zero-order chi connectivity index (χ0) is 32.7. The maximum Gasteiger partial charge on any atom is 0.305 e. The molecule has 0 aliphatic rings. The third kappa shape index (κ3) is 39.3. The molecule has 2 nitrogen and oxygen atoms in total. The highest BCUT2D eigenvalue weighted by atomic mass is 16.5. The molecule has 0 spiro atoms. The molecule has 0 saturated carbocycles. The van der Waals surface area contributed by atoms with E-state index in [1.54, 1.807) is 0 Å². The summed E-state index contributed by atoms with van der Waals surface area (Å²) in [5.74, 6) is 0.950. The van der Waals surface area contributed by atoms with Crippen LogP contribution in [0.3, 0.4) is 0 Å². The number of carbonyl (C=O) groups is 1. The molecular formula is C43H84O2. The van der Waals surface area contributed by atoms with Gasteiger partial charge in [-0.05, 0) is 44.4 Å². The summed E-state index contributed by atoms with van der Waals surface area (Å²) in [6, 6.07) is 0. The van der Waals surface area contributed by atoms with Crippen LogP contribution < -0.4 is 0 Å². The highest BCUT2D eigenvalue weighted by Gasteiger charge is 2.03. The lowest BCUT2D eigenvalue weighted by atomic mass is 9.99. The van der Waals surface area contributed by atoms with Gasteiger partial charge in [0.25, 0.3) is 0 Å². The van der Waals surface area contributed by atoms with Gasteiger partial charge in [-0.3, -0.25) is 4.79 Å². The molecule has 0 radical (unpaired) electrons. The van der Waals surface area contributed by atoms with E-state index in [0.29, 0.717) is 13.0 Å². The first-order valence-electron chi connectivity index (χ1n) is 21.0. The van der Waals surface area contributed by atoms with Crippen molar-refractivity contribution < 1.29 is 9.53 Å². The van der Waals surface area contributed by atoms with Gasteiger partial charge in [0, 0.05) is 6.42 Å². The van der Waals surface area contributed by atoms with Crippen LogP contribution in [-0.2, 0) is 9.53 Å². The molecule has 1 unspecified atom stereocenters. The van der Waals surface area contributed by atoms with Gasteiger partial charge in [0.05, 0.1) is 6.61 Å². The number of allylic oxidation sites excluding steroid dienone is 2. The Bertz CT molecular complexity index is 582. The smallest absolute Gasteiger partial charge is 0.305 e. The Balaban J connectivity index is 3.19. The Morgan fingerprint density at radius 3 is 1.24 bits per heavy atom. The first kappa shape index (κ1) is 44.2. The van der Waals surface area contributed by atoms with E-state index in [9.17, 15) is 4.79 Å². The second-order valence-corrected chi connectivity index (χ2v) is 14.6. The molecule has 0 rings (SSSR count). The van der Waals surface area contributed by atoms with Gasteiger partial charge >= 0.3 is 5.97 Å². The van der Waals surface area contributed by atoms with Crippen molar-refractivity contribution in [3.8, 4) is 0 Å². The summed E-state index contributed by atoms with van der Waals surface area (Å²) in [6.45, 7) is 7.62. The topological polar surface area (TPSA) is 26.3 Å². The van der Waals surface area contributed by atoms with Gasteiger partial charge in [-0.2, -0.15) is 0 Å². The second kappa shape index (κ2) is 39.4. The number of unbranched alkanes of at least 4 members (excludes halogenated alkanes) is 29. The molecule has 0 aliphatic heterocycles. The minimum atomic E-state index is 0.0267. The van der Waals surface area contributed by atoms with Crippen molar-refractivity contribution in [1.82, 2.24) is 0 Å². The summed E-state index contributed by atoms with van der Waals surface area (Å²) < 4.78 is 5.47. The molecule has 0 aromatic carbocycles. The molecule has 45 heavy (non-hydrogen) atoms. The lowest BCUT2D eigenvalue weighted by Gasteiger charge is -2.07. The van der Waals surface area contributed by atoms with Crippen molar-refractivity contribution in [3.63, 3.8) is 0 Å². The molecule has 0 fully saturated rings. The summed E-state index contributed by atoms with van der Waals surface area (Å²) >= 11 is 0. The van der Waals surface area contributed by atoms with E-state index in [1.165, 1.54) is 205 Å². The fraction of sp³-hybridized carbons (Fsp3) is 0.930. The van der Waals surface area contributed by atoms with Crippen molar-refractivity contribution in [3.05, 3.63) is 12.2 Å². The summed E-state index contributed by atoms with van der Waals surface area (Å²) in [6.07, 6.45) is 51.5. The monoisotopic (exact) mass is 633 g/mol. The summed E-state index contributed by atoms with van der Waals surface area (Å²) in [7, 11) is 0. The highest BCUT2D eigenvalue weighted by molar-refractivity contribution is 5.69. The van der Waals surface area contributed by atoms with Crippen LogP contribution in [-0.4, -0.2) is 12.6 Å². The summed E-state index contributed by atoms with van der Waals surface area (Å²) in [4.78, 5) is 12.0. The summed E-state index contributed by atoms with van der Waals surface area (Å²) in [5, 5.41) is 0. The minimum absolute atomic E-state index is 0.0267. The Kier molecular flexibility index (Phi) is 38.7. The normalized spacial score (nSPS) is 12.3. The minimum Gasteiger partial charge on any atom is -0.466 e. The van der Waals surface area contributed by atoms with E-state index in [4.69, 9.17) is 4.74 Å². The Labute approximate surface area is 285 Å². The predicted molar refractivity (Wildman–Crippen MR) is 202 cm³/mol. The first-order chi connectivity index (χ1) is 22.2. The van der Waals surface area contributed by atoms with Crippen molar-refractivity contribution >= 4 is 5.97 Å². The van der Waals surface area contributed by atoms with Crippen LogP contribution in [0.5, 0.6) is 0 Å². The fourth-order valence-corrected chi connectivity index (χ4v) is 6.40. The van der Waals surface area contributed by atoms with Gasteiger partial charge in [-0.25, -0.2) is 0 Å². The molecule has 2 heteroatoms. The maximum atomic E-state index is 12.0. The molecule has 0 aromatic rings. The quantitative estimate of drug-likeness (QED) is 0.0384. The highest BCUT2D eigenvalue weighted by Crippen LogP contribution is 2.17. The third-order valence-electron chi connectivity index (χ3n) is 9.94. The SMILES string of the molecule is CCCCCCCCC=CCCCCCCCCCCCCCC(=O)OCCCCCCCCCCCCCCCC(C)CC. The molecule has 0 bridgehead atoms. The zero-order valence-corrected chi connectivity index (χ0v) is 31.5. The zero-order valence-electron chi connectivity index (χ0n) is 31.5. The lowest BCUT2D eigenvalue weighted by Crippen LogP contribution is -2.05. The predicted octanol–water partition coefficient (Wildman–Crippen LogP) is 15.4. The second-order valence-electron chi connectivity index (χ2n) is 14.6. The average molecular weight is 633 g/mol. The van der Waals surface area contributed by atoms with Crippen molar-refractivity contribution in [2.24, 2.45) is 5.92 Å². The van der Waals surface area contributed by atoms with Crippen molar-refractivity contribution in [2.75, 3.05) is 6.61 Å². The maximum absolute atomic E-state index is 12.0. The van der Waals surface area contributed by atoms with Crippen LogP contribution in [0.25, 0.3) is 0 Å². The van der Waals surface area contributed by atoms with Crippen molar-refractivity contribution in [1.29, 1.82) is 0 Å². The molecule has 0 aromatic heterocycles. The molecule has 0 N–H and O–H groups in total. The van der Waals surface area contributed by atoms with E-state index in [1.807, 2.05) is 0 Å². The van der Waals surface area contributed by atoms with E-state index >= 15 is 0 Å². The van der Waals surface area contributed by atoms with E-state index in [0.717, 1.165) is 18.8 Å². The number of rotatable bonds is 38. The van der Waals surface area contributed by atoms with Gasteiger partial charge in [0.1, 0.15) is 0 Å².